The molecule has 0 radical (unpaired) electrons. The minimum absolute atomic E-state index is 0.00655. The fourth-order valence-corrected chi connectivity index (χ4v) is 1.40. The summed E-state index contributed by atoms with van der Waals surface area (Å²) in [6.07, 6.45) is 0. The van der Waals surface area contributed by atoms with Crippen molar-refractivity contribution in [3.05, 3.63) is 18.2 Å². The number of hydrogen-bond donors (Lipinski definition) is 1. The van der Waals surface area contributed by atoms with E-state index in [-0.39, 0.29) is 18.2 Å². The summed E-state index contributed by atoms with van der Waals surface area (Å²) in [5.41, 5.74) is 6.07. The van der Waals surface area contributed by atoms with Gasteiger partial charge in [0.05, 0.1) is 0 Å². The van der Waals surface area contributed by atoms with Crippen LogP contribution in [0.3, 0.4) is 0 Å². The molecule has 2 N–H and O–H groups in total. The van der Waals surface area contributed by atoms with E-state index in [4.69, 9.17) is 19.9 Å². The van der Waals surface area contributed by atoms with Crippen molar-refractivity contribution in [3.8, 4) is 17.2 Å². The lowest BCUT2D eigenvalue weighted by molar-refractivity contribution is 0.173. The summed E-state index contributed by atoms with van der Waals surface area (Å²) in [5.74, 6) is 2.25. The van der Waals surface area contributed by atoms with Crippen LogP contribution in [-0.4, -0.2) is 19.4 Å². The first-order valence-corrected chi connectivity index (χ1v) is 5.75. The zero-order valence-electron chi connectivity index (χ0n) is 10.5. The van der Waals surface area contributed by atoms with Crippen LogP contribution in [0.25, 0.3) is 0 Å². The van der Waals surface area contributed by atoms with Crippen LogP contribution in [0.4, 0.5) is 0 Å². The Kier molecular flexibility index (Phi) is 3.15. The van der Waals surface area contributed by atoms with Crippen LogP contribution < -0.4 is 19.9 Å². The van der Waals surface area contributed by atoms with Gasteiger partial charge in [-0.3, -0.25) is 0 Å². The average Bonchev–Trinajstić information content (AvgIpc) is 2.71. The number of nitrogens with two attached hydrogens (primary N) is 1. The van der Waals surface area contributed by atoms with E-state index in [1.54, 1.807) is 0 Å². The van der Waals surface area contributed by atoms with E-state index in [2.05, 4.69) is 20.8 Å². The molecule has 1 atom stereocenters. The van der Waals surface area contributed by atoms with E-state index in [9.17, 15) is 0 Å². The maximum atomic E-state index is 6.03. The van der Waals surface area contributed by atoms with Crippen molar-refractivity contribution in [2.24, 2.45) is 11.1 Å². The van der Waals surface area contributed by atoms with Gasteiger partial charge in [0.25, 0.3) is 0 Å². The van der Waals surface area contributed by atoms with Gasteiger partial charge in [-0.25, -0.2) is 0 Å². The molecule has 0 saturated heterocycles. The predicted molar refractivity (Wildman–Crippen MR) is 65.5 cm³/mol. The highest BCUT2D eigenvalue weighted by atomic mass is 16.7. The number of ether oxygens (including phenoxy) is 3. The first-order chi connectivity index (χ1) is 7.97. The van der Waals surface area contributed by atoms with Crippen molar-refractivity contribution in [2.45, 2.75) is 26.8 Å². The Morgan fingerprint density at radius 3 is 2.71 bits per heavy atom. The molecule has 17 heavy (non-hydrogen) atoms. The summed E-state index contributed by atoms with van der Waals surface area (Å²) in [6, 6.07) is 5.54. The molecule has 0 bridgehead atoms. The number of hydrogen-bond acceptors (Lipinski definition) is 4. The van der Waals surface area contributed by atoms with Crippen molar-refractivity contribution in [2.75, 3.05) is 13.4 Å². The molecule has 2 rings (SSSR count). The third-order valence-electron chi connectivity index (χ3n) is 2.89. The van der Waals surface area contributed by atoms with E-state index in [0.29, 0.717) is 6.61 Å². The minimum Gasteiger partial charge on any atom is -0.492 e. The van der Waals surface area contributed by atoms with Crippen molar-refractivity contribution < 1.29 is 14.2 Å². The summed E-state index contributed by atoms with van der Waals surface area (Å²) in [7, 11) is 0. The lowest BCUT2D eigenvalue weighted by atomic mass is 9.88. The van der Waals surface area contributed by atoms with Crippen LogP contribution in [0.15, 0.2) is 18.2 Å². The molecule has 0 amide bonds. The molecule has 0 aliphatic carbocycles. The zero-order valence-corrected chi connectivity index (χ0v) is 10.5. The normalized spacial score (nSPS) is 15.8. The van der Waals surface area contributed by atoms with Gasteiger partial charge in [0, 0.05) is 12.1 Å². The Labute approximate surface area is 102 Å². The fraction of sp³-hybridized carbons (Fsp3) is 0.538. The predicted octanol–water partition coefficient (Wildman–Crippen LogP) is 2.17. The molecule has 1 aliphatic rings. The highest BCUT2D eigenvalue weighted by molar-refractivity contribution is 5.46. The Hall–Kier alpha value is -1.42. The summed E-state index contributed by atoms with van der Waals surface area (Å²) in [6.45, 7) is 7.06. The summed E-state index contributed by atoms with van der Waals surface area (Å²) >= 11 is 0. The van der Waals surface area contributed by atoms with Crippen molar-refractivity contribution in [3.63, 3.8) is 0 Å². The third kappa shape index (κ3) is 2.82. The Morgan fingerprint density at radius 2 is 2.00 bits per heavy atom. The second kappa shape index (κ2) is 4.45. The van der Waals surface area contributed by atoms with E-state index in [1.807, 2.05) is 18.2 Å². The van der Waals surface area contributed by atoms with Crippen LogP contribution in [0, 0.1) is 5.41 Å². The molecule has 4 heteroatoms. The van der Waals surface area contributed by atoms with Gasteiger partial charge in [0.15, 0.2) is 11.5 Å². The second-order valence-corrected chi connectivity index (χ2v) is 5.30. The monoisotopic (exact) mass is 237 g/mol. The molecule has 1 aromatic carbocycles. The Bertz CT molecular complexity index is 398. The number of benzene rings is 1. The minimum atomic E-state index is -0.00655. The van der Waals surface area contributed by atoms with E-state index in [0.717, 1.165) is 17.2 Å². The van der Waals surface area contributed by atoms with Gasteiger partial charge in [-0.1, -0.05) is 20.8 Å². The molecule has 0 aromatic heterocycles. The molecule has 0 saturated carbocycles. The molecular formula is C13H19NO3. The molecule has 1 unspecified atom stereocenters. The quantitative estimate of drug-likeness (QED) is 0.875. The molecule has 1 aromatic rings. The van der Waals surface area contributed by atoms with Gasteiger partial charge >= 0.3 is 0 Å². The molecule has 1 aliphatic heterocycles. The SMILES string of the molecule is CC(C)(C)C(N)COc1ccc2c(c1)OCO2. The van der Waals surface area contributed by atoms with Crippen LogP contribution >= 0.6 is 0 Å². The van der Waals surface area contributed by atoms with Crippen molar-refractivity contribution >= 4 is 0 Å². The van der Waals surface area contributed by atoms with Crippen LogP contribution in [0.2, 0.25) is 0 Å². The summed E-state index contributed by atoms with van der Waals surface area (Å²) in [5, 5.41) is 0. The third-order valence-corrected chi connectivity index (χ3v) is 2.89. The van der Waals surface area contributed by atoms with Crippen LogP contribution in [0.1, 0.15) is 20.8 Å². The highest BCUT2D eigenvalue weighted by Crippen LogP contribution is 2.35. The van der Waals surface area contributed by atoms with Gasteiger partial charge in [-0.15, -0.1) is 0 Å². The van der Waals surface area contributed by atoms with Gasteiger partial charge in [-0.2, -0.15) is 0 Å². The molecule has 4 nitrogen and oxygen atoms in total. The zero-order chi connectivity index (χ0) is 12.5. The van der Waals surface area contributed by atoms with E-state index < -0.39 is 0 Å². The Balaban J connectivity index is 1.96. The van der Waals surface area contributed by atoms with E-state index >= 15 is 0 Å². The lowest BCUT2D eigenvalue weighted by Gasteiger charge is -2.26. The number of fused-ring (bicyclic) bond motifs is 1. The lowest BCUT2D eigenvalue weighted by Crippen LogP contribution is -2.40. The van der Waals surface area contributed by atoms with Gasteiger partial charge in [-0.05, 0) is 17.5 Å². The van der Waals surface area contributed by atoms with Crippen molar-refractivity contribution in [1.82, 2.24) is 0 Å². The maximum absolute atomic E-state index is 6.03. The van der Waals surface area contributed by atoms with E-state index in [1.165, 1.54) is 0 Å². The van der Waals surface area contributed by atoms with Gasteiger partial charge < -0.3 is 19.9 Å². The van der Waals surface area contributed by atoms with Crippen LogP contribution in [0.5, 0.6) is 17.2 Å². The topological polar surface area (TPSA) is 53.7 Å². The largest absolute Gasteiger partial charge is 0.492 e. The Morgan fingerprint density at radius 1 is 1.29 bits per heavy atom. The van der Waals surface area contributed by atoms with Gasteiger partial charge in [0.1, 0.15) is 12.4 Å². The smallest absolute Gasteiger partial charge is 0.231 e. The standard InChI is InChI=1S/C13H19NO3/c1-13(2,3)12(14)7-15-9-4-5-10-11(6-9)17-8-16-10/h4-6,12H,7-8,14H2,1-3H3. The van der Waals surface area contributed by atoms with Crippen LogP contribution in [-0.2, 0) is 0 Å². The molecule has 0 spiro atoms. The van der Waals surface area contributed by atoms with Gasteiger partial charge in [0.2, 0.25) is 6.79 Å². The second-order valence-electron chi connectivity index (χ2n) is 5.30. The summed E-state index contributed by atoms with van der Waals surface area (Å²) in [4.78, 5) is 0. The molecule has 1 heterocycles. The molecule has 94 valence electrons. The fourth-order valence-electron chi connectivity index (χ4n) is 1.40. The maximum Gasteiger partial charge on any atom is 0.231 e. The number of rotatable bonds is 3. The molecular weight excluding hydrogens is 218 g/mol. The molecule has 0 fully saturated rings. The first kappa shape index (κ1) is 12.0. The first-order valence-electron chi connectivity index (χ1n) is 5.75. The summed E-state index contributed by atoms with van der Waals surface area (Å²) < 4.78 is 16.2. The average molecular weight is 237 g/mol. The van der Waals surface area contributed by atoms with Crippen molar-refractivity contribution in [1.29, 1.82) is 0 Å². The highest BCUT2D eigenvalue weighted by Gasteiger charge is 2.21.